The van der Waals surface area contributed by atoms with Gasteiger partial charge in [0, 0.05) is 0 Å². The number of methoxy groups -OCH3 is 1. The maximum atomic E-state index is 11.9. The summed E-state index contributed by atoms with van der Waals surface area (Å²) in [5.41, 5.74) is 0.00944. The Kier molecular flexibility index (Phi) is 3.96. The van der Waals surface area contributed by atoms with E-state index in [4.69, 9.17) is 4.74 Å². The van der Waals surface area contributed by atoms with Crippen molar-refractivity contribution in [2.45, 2.75) is 18.9 Å². The minimum Gasteiger partial charge on any atom is -0.496 e. The summed E-state index contributed by atoms with van der Waals surface area (Å²) in [6, 6.07) is 4.06. The van der Waals surface area contributed by atoms with E-state index in [1.165, 1.54) is 19.2 Å². The highest BCUT2D eigenvalue weighted by Crippen LogP contribution is 2.29. The second-order valence-corrected chi connectivity index (χ2v) is 4.28. The molecule has 2 N–H and O–H groups in total. The molecule has 1 amide bonds. The van der Waals surface area contributed by atoms with Gasteiger partial charge in [0.15, 0.2) is 0 Å². The first kappa shape index (κ1) is 13.3. The number of hydrogen-bond donors (Lipinski definition) is 2. The van der Waals surface area contributed by atoms with Crippen LogP contribution in [0.3, 0.4) is 0 Å². The van der Waals surface area contributed by atoms with Crippen LogP contribution in [-0.4, -0.2) is 30.5 Å². The van der Waals surface area contributed by atoms with Crippen molar-refractivity contribution in [3.05, 3.63) is 28.3 Å². The zero-order valence-electron chi connectivity index (χ0n) is 10.5. The van der Waals surface area contributed by atoms with Crippen molar-refractivity contribution < 1.29 is 14.5 Å². The highest BCUT2D eigenvalue weighted by atomic mass is 16.6. The monoisotopic (exact) mass is 265 g/mol. The molecule has 1 fully saturated rings. The second kappa shape index (κ2) is 5.66. The van der Waals surface area contributed by atoms with E-state index in [9.17, 15) is 14.9 Å². The SMILES string of the molecule is COc1ccc(NC(=O)[C@H]2CCCN2)c([N+](=O)[O-])c1. The first-order valence-electron chi connectivity index (χ1n) is 5.98. The van der Waals surface area contributed by atoms with Crippen LogP contribution < -0.4 is 15.4 Å². The van der Waals surface area contributed by atoms with Crippen LogP contribution in [0.15, 0.2) is 18.2 Å². The third-order valence-electron chi connectivity index (χ3n) is 3.04. The van der Waals surface area contributed by atoms with Crippen molar-refractivity contribution in [3.63, 3.8) is 0 Å². The van der Waals surface area contributed by atoms with Crippen LogP contribution in [-0.2, 0) is 4.79 Å². The van der Waals surface area contributed by atoms with Gasteiger partial charge < -0.3 is 15.4 Å². The first-order valence-corrected chi connectivity index (χ1v) is 5.98. The number of hydrogen-bond acceptors (Lipinski definition) is 5. The van der Waals surface area contributed by atoms with Gasteiger partial charge in [-0.15, -0.1) is 0 Å². The molecule has 1 saturated heterocycles. The van der Waals surface area contributed by atoms with Gasteiger partial charge in [0.2, 0.25) is 5.91 Å². The van der Waals surface area contributed by atoms with E-state index < -0.39 is 4.92 Å². The fraction of sp³-hybridized carbons (Fsp3) is 0.417. The Labute approximate surface area is 110 Å². The standard InChI is InChI=1S/C12H15N3O4/c1-19-8-4-5-9(11(7-8)15(17)18)14-12(16)10-3-2-6-13-10/h4-5,7,10,13H,2-3,6H2,1H3,(H,14,16)/t10-/m1/s1. The number of carbonyl (C=O) groups is 1. The molecule has 7 heteroatoms. The summed E-state index contributed by atoms with van der Waals surface area (Å²) in [7, 11) is 1.43. The van der Waals surface area contributed by atoms with Crippen molar-refractivity contribution in [1.82, 2.24) is 5.32 Å². The molecule has 1 aliphatic heterocycles. The van der Waals surface area contributed by atoms with Crippen molar-refractivity contribution in [2.75, 3.05) is 19.0 Å². The van der Waals surface area contributed by atoms with E-state index in [1.807, 2.05) is 0 Å². The van der Waals surface area contributed by atoms with E-state index in [0.29, 0.717) is 5.75 Å². The number of nitrogens with one attached hydrogen (secondary N) is 2. The molecular formula is C12H15N3O4. The van der Waals surface area contributed by atoms with Crippen LogP contribution in [0.25, 0.3) is 0 Å². The molecule has 102 valence electrons. The summed E-state index contributed by atoms with van der Waals surface area (Å²) < 4.78 is 4.94. The Morgan fingerprint density at radius 3 is 2.95 bits per heavy atom. The molecule has 0 spiro atoms. The molecule has 1 aromatic rings. The highest BCUT2D eigenvalue weighted by molar-refractivity contribution is 5.97. The Hall–Kier alpha value is -2.15. The van der Waals surface area contributed by atoms with Gasteiger partial charge in [0.1, 0.15) is 11.4 Å². The predicted molar refractivity (Wildman–Crippen MR) is 69.3 cm³/mol. The van der Waals surface area contributed by atoms with Crippen molar-refractivity contribution in [3.8, 4) is 5.75 Å². The normalized spacial score (nSPS) is 18.1. The van der Waals surface area contributed by atoms with E-state index in [-0.39, 0.29) is 23.3 Å². The van der Waals surface area contributed by atoms with Gasteiger partial charge in [0.25, 0.3) is 5.69 Å². The Balaban J connectivity index is 2.19. The fourth-order valence-electron chi connectivity index (χ4n) is 2.02. The number of nitrogens with zero attached hydrogens (tertiary/aromatic N) is 1. The maximum Gasteiger partial charge on any atom is 0.296 e. The summed E-state index contributed by atoms with van der Waals surface area (Å²) in [6.45, 7) is 0.794. The number of carbonyl (C=O) groups excluding carboxylic acids is 1. The minimum absolute atomic E-state index is 0.175. The predicted octanol–water partition coefficient (Wildman–Crippen LogP) is 1.29. The minimum atomic E-state index is -0.541. The second-order valence-electron chi connectivity index (χ2n) is 4.28. The van der Waals surface area contributed by atoms with Crippen LogP contribution in [0.1, 0.15) is 12.8 Å². The smallest absolute Gasteiger partial charge is 0.296 e. The van der Waals surface area contributed by atoms with Crippen LogP contribution >= 0.6 is 0 Å². The molecule has 0 unspecified atom stereocenters. The summed E-state index contributed by atoms with van der Waals surface area (Å²) in [5, 5.41) is 16.6. The largest absolute Gasteiger partial charge is 0.496 e. The molecular weight excluding hydrogens is 250 g/mol. The summed E-state index contributed by atoms with van der Waals surface area (Å²) >= 11 is 0. The molecule has 19 heavy (non-hydrogen) atoms. The highest BCUT2D eigenvalue weighted by Gasteiger charge is 2.24. The lowest BCUT2D eigenvalue weighted by Crippen LogP contribution is -2.35. The quantitative estimate of drug-likeness (QED) is 0.632. The molecule has 2 rings (SSSR count). The Morgan fingerprint density at radius 2 is 2.37 bits per heavy atom. The molecule has 0 aliphatic carbocycles. The van der Waals surface area contributed by atoms with Gasteiger partial charge in [-0.25, -0.2) is 0 Å². The van der Waals surface area contributed by atoms with Gasteiger partial charge in [0.05, 0.1) is 24.1 Å². The van der Waals surface area contributed by atoms with E-state index in [2.05, 4.69) is 10.6 Å². The van der Waals surface area contributed by atoms with Crippen LogP contribution in [0.5, 0.6) is 5.75 Å². The van der Waals surface area contributed by atoms with Gasteiger partial charge in [-0.05, 0) is 31.5 Å². The van der Waals surface area contributed by atoms with Gasteiger partial charge in [-0.1, -0.05) is 0 Å². The Bertz CT molecular complexity index is 498. The fourth-order valence-corrected chi connectivity index (χ4v) is 2.02. The lowest BCUT2D eigenvalue weighted by atomic mass is 10.2. The third-order valence-corrected chi connectivity index (χ3v) is 3.04. The number of nitro benzene ring substituents is 1. The summed E-state index contributed by atoms with van der Waals surface area (Å²) in [4.78, 5) is 22.4. The molecule has 1 atom stereocenters. The summed E-state index contributed by atoms with van der Waals surface area (Å²) in [6.07, 6.45) is 1.68. The van der Waals surface area contributed by atoms with E-state index in [1.54, 1.807) is 6.07 Å². The molecule has 0 bridgehead atoms. The zero-order valence-corrected chi connectivity index (χ0v) is 10.5. The molecule has 1 heterocycles. The number of nitro groups is 1. The number of anilines is 1. The molecule has 1 aliphatic rings. The average molecular weight is 265 g/mol. The van der Waals surface area contributed by atoms with Crippen LogP contribution in [0.2, 0.25) is 0 Å². The van der Waals surface area contributed by atoms with Crippen molar-refractivity contribution in [1.29, 1.82) is 0 Å². The molecule has 0 saturated carbocycles. The van der Waals surface area contributed by atoms with Gasteiger partial charge in [-0.3, -0.25) is 14.9 Å². The lowest BCUT2D eigenvalue weighted by Gasteiger charge is -2.11. The van der Waals surface area contributed by atoms with Gasteiger partial charge in [-0.2, -0.15) is 0 Å². The van der Waals surface area contributed by atoms with Gasteiger partial charge >= 0.3 is 0 Å². The van der Waals surface area contributed by atoms with Crippen LogP contribution in [0.4, 0.5) is 11.4 Å². The number of ether oxygens (including phenoxy) is 1. The van der Waals surface area contributed by atoms with E-state index in [0.717, 1.165) is 19.4 Å². The third kappa shape index (κ3) is 3.00. The lowest BCUT2D eigenvalue weighted by molar-refractivity contribution is -0.384. The molecule has 0 aromatic heterocycles. The van der Waals surface area contributed by atoms with E-state index >= 15 is 0 Å². The average Bonchev–Trinajstić information content (AvgIpc) is 2.92. The Morgan fingerprint density at radius 1 is 1.58 bits per heavy atom. The molecule has 0 radical (unpaired) electrons. The maximum absolute atomic E-state index is 11.9. The van der Waals surface area contributed by atoms with Crippen molar-refractivity contribution in [2.24, 2.45) is 0 Å². The molecule has 7 nitrogen and oxygen atoms in total. The van der Waals surface area contributed by atoms with Crippen molar-refractivity contribution >= 4 is 17.3 Å². The number of benzene rings is 1. The van der Waals surface area contributed by atoms with Crippen LogP contribution in [0, 0.1) is 10.1 Å². The summed E-state index contributed by atoms with van der Waals surface area (Å²) in [5.74, 6) is 0.134. The topological polar surface area (TPSA) is 93.5 Å². The number of rotatable bonds is 4. The zero-order chi connectivity index (χ0) is 13.8. The number of amides is 1. The first-order chi connectivity index (χ1) is 9.11. The molecule has 1 aromatic carbocycles.